The molecule has 0 unspecified atom stereocenters. The second kappa shape index (κ2) is 9.15. The highest BCUT2D eigenvalue weighted by Crippen LogP contribution is 2.36. The number of fused-ring (bicyclic) bond motifs is 1. The molecule has 0 amide bonds. The van der Waals surface area contributed by atoms with Crippen LogP contribution in [0.3, 0.4) is 0 Å². The topological polar surface area (TPSA) is 110 Å². The van der Waals surface area contributed by atoms with Crippen LogP contribution in [-0.4, -0.2) is 65.8 Å². The summed E-state index contributed by atoms with van der Waals surface area (Å²) in [5.74, 6) is 0.652. The molecule has 1 aromatic heterocycles. The Morgan fingerprint density at radius 3 is 2.85 bits per heavy atom. The van der Waals surface area contributed by atoms with Crippen molar-refractivity contribution >= 4 is 5.69 Å². The summed E-state index contributed by atoms with van der Waals surface area (Å²) in [4.78, 5) is 2.00. The Labute approximate surface area is 191 Å². The molecule has 10 heteroatoms. The first-order chi connectivity index (χ1) is 16.1. The maximum Gasteiger partial charge on any atom is 0.341 e. The minimum Gasteiger partial charge on any atom is -0.423 e. The van der Waals surface area contributed by atoms with Crippen molar-refractivity contribution in [1.29, 1.82) is 5.26 Å². The van der Waals surface area contributed by atoms with Crippen molar-refractivity contribution in [2.75, 3.05) is 32.2 Å². The van der Waals surface area contributed by atoms with Gasteiger partial charge in [0.1, 0.15) is 24.0 Å². The van der Waals surface area contributed by atoms with E-state index in [0.29, 0.717) is 37.1 Å². The zero-order valence-electron chi connectivity index (χ0n) is 18.5. The largest absolute Gasteiger partial charge is 0.423 e. The average molecular weight is 447 g/mol. The summed E-state index contributed by atoms with van der Waals surface area (Å²) in [5, 5.41) is 24.6. The van der Waals surface area contributed by atoms with Gasteiger partial charge in [0, 0.05) is 32.4 Å². The molecule has 2 aliphatic rings. The lowest BCUT2D eigenvalue weighted by Crippen LogP contribution is -2.40. The summed E-state index contributed by atoms with van der Waals surface area (Å²) < 4.78 is 19.8. The van der Waals surface area contributed by atoms with Gasteiger partial charge in [-0.3, -0.25) is 0 Å². The summed E-state index contributed by atoms with van der Waals surface area (Å²) in [7, 11) is 3.95. The van der Waals surface area contributed by atoms with E-state index in [0.717, 1.165) is 11.3 Å². The lowest BCUT2D eigenvalue weighted by molar-refractivity contribution is 0.0611. The predicted octanol–water partition coefficient (Wildman–Crippen LogP) is 1.90. The van der Waals surface area contributed by atoms with Gasteiger partial charge in [0.2, 0.25) is 0 Å². The van der Waals surface area contributed by atoms with Gasteiger partial charge in [0.25, 0.3) is 0 Å². The third-order valence-corrected chi connectivity index (χ3v) is 5.97. The van der Waals surface area contributed by atoms with Crippen molar-refractivity contribution in [2.24, 2.45) is 0 Å². The first kappa shape index (κ1) is 21.3. The van der Waals surface area contributed by atoms with E-state index in [2.05, 4.69) is 26.9 Å². The van der Waals surface area contributed by atoms with Gasteiger partial charge < -0.3 is 24.4 Å². The highest BCUT2D eigenvalue weighted by Gasteiger charge is 2.49. The van der Waals surface area contributed by atoms with Gasteiger partial charge in [0.15, 0.2) is 0 Å². The van der Waals surface area contributed by atoms with Crippen molar-refractivity contribution in [3.63, 3.8) is 0 Å². The van der Waals surface area contributed by atoms with Gasteiger partial charge in [-0.1, -0.05) is 23.3 Å². The summed E-state index contributed by atoms with van der Waals surface area (Å²) in [6, 6.07) is 17.6. The maximum atomic E-state index is 9.10. The van der Waals surface area contributed by atoms with Gasteiger partial charge in [-0.05, 0) is 40.3 Å². The van der Waals surface area contributed by atoms with E-state index in [9.17, 15) is 0 Å². The predicted molar refractivity (Wildman–Crippen MR) is 119 cm³/mol. The number of aromatic nitrogens is 4. The number of rotatable bonds is 7. The second-order valence-electron chi connectivity index (χ2n) is 8.36. The molecular formula is C23H25N7O3. The zero-order chi connectivity index (χ0) is 22.8. The Balaban J connectivity index is 1.25. The fourth-order valence-corrected chi connectivity index (χ4v) is 4.25. The zero-order valence-corrected chi connectivity index (χ0v) is 18.5. The van der Waals surface area contributed by atoms with Gasteiger partial charge >= 0.3 is 6.01 Å². The number of nitriles is 1. The molecule has 0 spiro atoms. The Kier molecular flexibility index (Phi) is 5.92. The highest BCUT2D eigenvalue weighted by molar-refractivity contribution is 5.49. The molecule has 1 N–H and O–H groups in total. The number of ether oxygens (including phenoxy) is 3. The highest BCUT2D eigenvalue weighted by atomic mass is 16.6. The van der Waals surface area contributed by atoms with E-state index in [1.165, 1.54) is 0 Å². The molecule has 10 nitrogen and oxygen atoms in total. The van der Waals surface area contributed by atoms with Crippen LogP contribution in [0.4, 0.5) is 5.69 Å². The second-order valence-corrected chi connectivity index (χ2v) is 8.36. The Morgan fingerprint density at radius 2 is 2.00 bits per heavy atom. The first-order valence-electron chi connectivity index (χ1n) is 10.8. The normalized spacial score (nSPS) is 23.8. The molecule has 0 radical (unpaired) electrons. The maximum absolute atomic E-state index is 9.10. The van der Waals surface area contributed by atoms with Crippen LogP contribution in [0.15, 0.2) is 48.5 Å². The van der Waals surface area contributed by atoms with E-state index >= 15 is 0 Å². The van der Waals surface area contributed by atoms with E-state index in [1.54, 1.807) is 10.7 Å². The molecular weight excluding hydrogens is 422 g/mol. The smallest absolute Gasteiger partial charge is 0.341 e. The lowest BCUT2D eigenvalue weighted by Gasteiger charge is -2.18. The SMILES string of the molecule is CN(C)c1cccc(Oc2nnnn2[C@@H]2CO[C@@H]3[C@@H]2OC[C@@H]3NCc2cccc(C#N)c2)c1. The summed E-state index contributed by atoms with van der Waals surface area (Å²) >= 11 is 0. The fourth-order valence-electron chi connectivity index (χ4n) is 4.25. The summed E-state index contributed by atoms with van der Waals surface area (Å²) in [6.45, 7) is 1.58. The fraction of sp³-hybridized carbons (Fsp3) is 0.391. The van der Waals surface area contributed by atoms with E-state index < -0.39 is 0 Å². The Hall–Kier alpha value is -3.52. The van der Waals surface area contributed by atoms with Crippen LogP contribution < -0.4 is 15.0 Å². The molecule has 170 valence electrons. The number of nitrogens with one attached hydrogen (secondary N) is 1. The van der Waals surface area contributed by atoms with E-state index in [1.807, 2.05) is 61.5 Å². The molecule has 0 bridgehead atoms. The summed E-state index contributed by atoms with van der Waals surface area (Å²) in [5.41, 5.74) is 2.71. The summed E-state index contributed by atoms with van der Waals surface area (Å²) in [6.07, 6.45) is -0.310. The van der Waals surface area contributed by atoms with Crippen molar-refractivity contribution in [3.8, 4) is 17.8 Å². The van der Waals surface area contributed by atoms with E-state index in [-0.39, 0.29) is 24.3 Å². The monoisotopic (exact) mass is 447 g/mol. The molecule has 4 atom stereocenters. The number of hydrogen-bond donors (Lipinski definition) is 1. The Bertz CT molecular complexity index is 1160. The molecule has 0 saturated carbocycles. The standard InChI is InChI=1S/C23H25N7O3/c1-29(2)17-7-4-8-18(10-17)33-23-26-27-28-30(23)20-14-32-21-19(13-31-22(20)21)25-12-16-6-3-5-15(9-16)11-24/h3-10,19-22,25H,12-14H2,1-2H3/t19-,20+,21-,22+/m0/s1. The molecule has 33 heavy (non-hydrogen) atoms. The molecule has 0 aliphatic carbocycles. The molecule has 3 aromatic rings. The van der Waals surface area contributed by atoms with Gasteiger partial charge in [-0.2, -0.15) is 9.94 Å². The average Bonchev–Trinajstić information content (AvgIpc) is 3.55. The van der Waals surface area contributed by atoms with Crippen molar-refractivity contribution in [3.05, 3.63) is 59.7 Å². The van der Waals surface area contributed by atoms with Crippen LogP contribution in [0.5, 0.6) is 11.8 Å². The van der Waals surface area contributed by atoms with Crippen LogP contribution in [0.1, 0.15) is 17.2 Å². The first-order valence-corrected chi connectivity index (χ1v) is 10.8. The van der Waals surface area contributed by atoms with Gasteiger partial charge in [-0.15, -0.1) is 0 Å². The number of benzene rings is 2. The van der Waals surface area contributed by atoms with Gasteiger partial charge in [0.05, 0.1) is 30.9 Å². The minimum absolute atomic E-state index is 0.0309. The number of nitrogens with zero attached hydrogens (tertiary/aromatic N) is 6. The molecule has 2 aromatic carbocycles. The molecule has 2 fully saturated rings. The number of tetrazole rings is 1. The quantitative estimate of drug-likeness (QED) is 0.580. The van der Waals surface area contributed by atoms with Gasteiger partial charge in [-0.25, -0.2) is 0 Å². The van der Waals surface area contributed by atoms with Crippen LogP contribution in [0, 0.1) is 11.3 Å². The third-order valence-electron chi connectivity index (χ3n) is 5.97. The van der Waals surface area contributed by atoms with Crippen LogP contribution >= 0.6 is 0 Å². The molecule has 3 heterocycles. The van der Waals surface area contributed by atoms with Crippen LogP contribution in [-0.2, 0) is 16.0 Å². The third kappa shape index (κ3) is 4.39. The van der Waals surface area contributed by atoms with Crippen LogP contribution in [0.25, 0.3) is 0 Å². The number of hydrogen-bond acceptors (Lipinski definition) is 9. The van der Waals surface area contributed by atoms with Crippen molar-refractivity contribution in [2.45, 2.75) is 30.8 Å². The van der Waals surface area contributed by atoms with E-state index in [4.69, 9.17) is 19.5 Å². The molecule has 2 saturated heterocycles. The molecule has 2 aliphatic heterocycles. The van der Waals surface area contributed by atoms with Crippen LogP contribution in [0.2, 0.25) is 0 Å². The van der Waals surface area contributed by atoms with Crippen molar-refractivity contribution < 1.29 is 14.2 Å². The lowest BCUT2D eigenvalue weighted by atomic mass is 10.1. The molecule has 5 rings (SSSR count). The Morgan fingerprint density at radius 1 is 1.15 bits per heavy atom. The van der Waals surface area contributed by atoms with Crippen molar-refractivity contribution in [1.82, 2.24) is 25.5 Å². The minimum atomic E-state index is -0.189. The number of anilines is 1.